The van der Waals surface area contributed by atoms with Gasteiger partial charge in [0, 0.05) is 27.5 Å². The van der Waals surface area contributed by atoms with E-state index in [-0.39, 0.29) is 21.8 Å². The highest BCUT2D eigenvalue weighted by molar-refractivity contribution is 8.13. The first kappa shape index (κ1) is 17.7. The van der Waals surface area contributed by atoms with Gasteiger partial charge in [-0.1, -0.05) is 17.7 Å². The summed E-state index contributed by atoms with van der Waals surface area (Å²) in [5.74, 6) is -1.33. The van der Waals surface area contributed by atoms with Crippen molar-refractivity contribution < 1.29 is 22.0 Å². The maximum absolute atomic E-state index is 13.1. The van der Waals surface area contributed by atoms with E-state index in [9.17, 15) is 22.0 Å². The second kappa shape index (κ2) is 6.82. The summed E-state index contributed by atoms with van der Waals surface area (Å²) in [6.07, 6.45) is 0. The number of nitrogens with one attached hydrogen (secondary N) is 1. The van der Waals surface area contributed by atoms with Crippen molar-refractivity contribution in [2.24, 2.45) is 0 Å². The van der Waals surface area contributed by atoms with Crippen LogP contribution < -0.4 is 5.32 Å². The lowest BCUT2D eigenvalue weighted by atomic mass is 10.1. The van der Waals surface area contributed by atoms with Crippen LogP contribution in [0.25, 0.3) is 0 Å². The highest BCUT2D eigenvalue weighted by Crippen LogP contribution is 2.24. The summed E-state index contributed by atoms with van der Waals surface area (Å²) in [4.78, 5) is 11.6. The van der Waals surface area contributed by atoms with E-state index in [1.807, 2.05) is 0 Å². The van der Waals surface area contributed by atoms with E-state index >= 15 is 0 Å². The van der Waals surface area contributed by atoms with Gasteiger partial charge in [-0.3, -0.25) is 4.79 Å². The molecule has 0 unspecified atom stereocenters. The Hall–Kier alpha value is -1.70. The summed E-state index contributed by atoms with van der Waals surface area (Å²) in [5, 5.41) is 2.24. The van der Waals surface area contributed by atoms with Gasteiger partial charge in [-0.2, -0.15) is 0 Å². The number of amides is 1. The largest absolute Gasteiger partial charge is 0.322 e. The molecule has 0 heterocycles. The van der Waals surface area contributed by atoms with Gasteiger partial charge in [0.05, 0.1) is 9.92 Å². The average molecular weight is 380 g/mol. The summed E-state index contributed by atoms with van der Waals surface area (Å²) in [6, 6.07) is 6.93. The van der Waals surface area contributed by atoms with Crippen molar-refractivity contribution in [2.45, 2.75) is 11.6 Å². The predicted octanol–water partition coefficient (Wildman–Crippen LogP) is 4.13. The SMILES string of the molecule is O=C(Nc1ccc(F)c(Cl)c1)c1ccc(CF)c(S(=O)(=O)Cl)c1. The van der Waals surface area contributed by atoms with Crippen molar-refractivity contribution in [1.82, 2.24) is 0 Å². The standard InChI is InChI=1S/C14H9Cl2F2NO3S/c15-11-6-10(3-4-12(11)18)19-14(20)8-1-2-9(7-17)13(5-8)23(16,21)22/h1-6H,7H2,(H,19,20). The highest BCUT2D eigenvalue weighted by atomic mass is 35.7. The molecule has 2 aromatic carbocycles. The van der Waals surface area contributed by atoms with E-state index in [4.69, 9.17) is 22.3 Å². The maximum atomic E-state index is 13.1. The fourth-order valence-electron chi connectivity index (χ4n) is 1.81. The molecule has 0 aliphatic rings. The van der Waals surface area contributed by atoms with E-state index in [1.54, 1.807) is 0 Å². The van der Waals surface area contributed by atoms with Crippen LogP contribution >= 0.6 is 22.3 Å². The molecule has 23 heavy (non-hydrogen) atoms. The Kier molecular flexibility index (Phi) is 5.23. The van der Waals surface area contributed by atoms with Gasteiger partial charge < -0.3 is 5.32 Å². The molecular formula is C14H9Cl2F2NO3S. The number of alkyl halides is 1. The minimum atomic E-state index is -4.21. The molecule has 0 aliphatic heterocycles. The van der Waals surface area contributed by atoms with Gasteiger partial charge in [0.15, 0.2) is 0 Å². The van der Waals surface area contributed by atoms with Gasteiger partial charge in [-0.15, -0.1) is 0 Å². The van der Waals surface area contributed by atoms with Gasteiger partial charge in [0.25, 0.3) is 15.0 Å². The molecule has 0 saturated carbocycles. The van der Waals surface area contributed by atoms with Crippen LogP contribution in [0, 0.1) is 5.82 Å². The Morgan fingerprint density at radius 3 is 2.43 bits per heavy atom. The minimum Gasteiger partial charge on any atom is -0.322 e. The molecule has 0 aromatic heterocycles. The number of carbonyl (C=O) groups is 1. The van der Waals surface area contributed by atoms with Crippen molar-refractivity contribution in [3.63, 3.8) is 0 Å². The van der Waals surface area contributed by atoms with Crippen molar-refractivity contribution in [2.75, 3.05) is 5.32 Å². The number of benzene rings is 2. The first-order valence-corrected chi connectivity index (χ1v) is 8.81. The zero-order valence-corrected chi connectivity index (χ0v) is 13.6. The van der Waals surface area contributed by atoms with Crippen LogP contribution in [0.15, 0.2) is 41.3 Å². The van der Waals surface area contributed by atoms with Crippen molar-refractivity contribution in [1.29, 1.82) is 0 Å². The Morgan fingerprint density at radius 1 is 1.17 bits per heavy atom. The third-order valence-electron chi connectivity index (χ3n) is 2.91. The van der Waals surface area contributed by atoms with Crippen LogP contribution in [-0.4, -0.2) is 14.3 Å². The Bertz CT molecular complexity index is 872. The van der Waals surface area contributed by atoms with Crippen molar-refractivity contribution >= 4 is 42.9 Å². The molecule has 1 N–H and O–H groups in total. The normalized spacial score (nSPS) is 11.3. The zero-order chi connectivity index (χ0) is 17.2. The Morgan fingerprint density at radius 2 is 1.87 bits per heavy atom. The molecule has 0 saturated heterocycles. The van der Waals surface area contributed by atoms with Gasteiger partial charge >= 0.3 is 0 Å². The van der Waals surface area contributed by atoms with Gasteiger partial charge in [-0.05, 0) is 30.3 Å². The minimum absolute atomic E-state index is 0.0538. The summed E-state index contributed by atoms with van der Waals surface area (Å²) >= 11 is 5.60. The molecular weight excluding hydrogens is 371 g/mol. The Labute approximate surface area is 140 Å². The summed E-state index contributed by atoms with van der Waals surface area (Å²) < 4.78 is 48.7. The molecule has 0 bridgehead atoms. The van der Waals surface area contributed by atoms with Crippen LogP contribution in [0.2, 0.25) is 5.02 Å². The summed E-state index contributed by atoms with van der Waals surface area (Å²) in [6.45, 7) is -1.04. The van der Waals surface area contributed by atoms with Crippen LogP contribution in [0.4, 0.5) is 14.5 Å². The number of hydrogen-bond acceptors (Lipinski definition) is 3. The van der Waals surface area contributed by atoms with Crippen LogP contribution in [0.1, 0.15) is 15.9 Å². The third-order valence-corrected chi connectivity index (χ3v) is 4.61. The molecule has 0 atom stereocenters. The van der Waals surface area contributed by atoms with Crippen molar-refractivity contribution in [3.05, 3.63) is 58.4 Å². The molecule has 0 spiro atoms. The van der Waals surface area contributed by atoms with Gasteiger partial charge in [-0.25, -0.2) is 17.2 Å². The molecule has 1 amide bonds. The second-order valence-electron chi connectivity index (χ2n) is 4.48. The number of carbonyl (C=O) groups excluding carboxylic acids is 1. The van der Waals surface area contributed by atoms with E-state index in [1.165, 1.54) is 18.2 Å². The number of halogens is 4. The molecule has 9 heteroatoms. The highest BCUT2D eigenvalue weighted by Gasteiger charge is 2.18. The third kappa shape index (κ3) is 4.19. The molecule has 2 aromatic rings. The maximum Gasteiger partial charge on any atom is 0.261 e. The first-order valence-electron chi connectivity index (χ1n) is 6.12. The van der Waals surface area contributed by atoms with Gasteiger partial charge in [0.1, 0.15) is 12.5 Å². The molecule has 0 aliphatic carbocycles. The van der Waals surface area contributed by atoms with E-state index in [0.29, 0.717) is 0 Å². The quantitative estimate of drug-likeness (QED) is 0.812. The number of hydrogen-bond donors (Lipinski definition) is 1. The molecule has 122 valence electrons. The van der Waals surface area contributed by atoms with E-state index < -0.39 is 32.3 Å². The molecule has 0 radical (unpaired) electrons. The zero-order valence-electron chi connectivity index (χ0n) is 11.3. The average Bonchev–Trinajstić information content (AvgIpc) is 2.49. The fourth-order valence-corrected chi connectivity index (χ4v) is 3.13. The van der Waals surface area contributed by atoms with Gasteiger partial charge in [0.2, 0.25) is 0 Å². The lowest BCUT2D eigenvalue weighted by Gasteiger charge is -2.09. The molecule has 4 nitrogen and oxygen atoms in total. The summed E-state index contributed by atoms with van der Waals surface area (Å²) in [5.41, 5.74) is 0.00879. The second-order valence-corrected chi connectivity index (χ2v) is 7.42. The summed E-state index contributed by atoms with van der Waals surface area (Å²) in [7, 11) is 1.03. The first-order chi connectivity index (χ1) is 10.7. The van der Waals surface area contributed by atoms with E-state index in [0.717, 1.165) is 18.2 Å². The van der Waals surface area contributed by atoms with E-state index in [2.05, 4.69) is 5.32 Å². The van der Waals surface area contributed by atoms with Crippen LogP contribution in [0.3, 0.4) is 0 Å². The topological polar surface area (TPSA) is 63.2 Å². The monoisotopic (exact) mass is 379 g/mol. The smallest absolute Gasteiger partial charge is 0.261 e. The number of anilines is 1. The lowest BCUT2D eigenvalue weighted by Crippen LogP contribution is -2.13. The fraction of sp³-hybridized carbons (Fsp3) is 0.0714. The van der Waals surface area contributed by atoms with Crippen LogP contribution in [-0.2, 0) is 15.7 Å². The number of rotatable bonds is 4. The molecule has 0 fully saturated rings. The Balaban J connectivity index is 2.34. The predicted molar refractivity (Wildman–Crippen MR) is 83.7 cm³/mol. The molecule has 2 rings (SSSR count). The van der Waals surface area contributed by atoms with Crippen molar-refractivity contribution in [3.8, 4) is 0 Å². The lowest BCUT2D eigenvalue weighted by molar-refractivity contribution is 0.102. The van der Waals surface area contributed by atoms with Crippen LogP contribution in [0.5, 0.6) is 0 Å².